The van der Waals surface area contributed by atoms with E-state index in [0.29, 0.717) is 0 Å². The Labute approximate surface area is 116 Å². The molecule has 0 aromatic heterocycles. The van der Waals surface area contributed by atoms with E-state index in [4.69, 9.17) is 10.5 Å². The van der Waals surface area contributed by atoms with Gasteiger partial charge < -0.3 is 29.6 Å². The molecule has 1 heterocycles. The Bertz CT molecular complexity index is 467. The Balaban J connectivity index is 3.15. The van der Waals surface area contributed by atoms with Crippen LogP contribution in [0.4, 0.5) is 0 Å². The van der Waals surface area contributed by atoms with Gasteiger partial charge in [0.2, 0.25) is 0 Å². The largest absolute Gasteiger partial charge is 0.382 e. The van der Waals surface area contributed by atoms with E-state index in [1.54, 1.807) is 12.1 Å². The molecule has 0 aromatic rings. The van der Waals surface area contributed by atoms with Crippen molar-refractivity contribution in [2.24, 2.45) is 0 Å². The molecule has 1 aliphatic rings. The third-order valence-corrected chi connectivity index (χ3v) is 10.5. The molecule has 0 amide bonds. The van der Waals surface area contributed by atoms with E-state index >= 15 is 0 Å². The second-order valence-electron chi connectivity index (χ2n) is 4.63. The molecule has 0 bridgehead atoms. The molecule has 4 atom stereocenters. The molecule has 10 heteroatoms. The van der Waals surface area contributed by atoms with Crippen molar-refractivity contribution < 1.29 is 29.6 Å². The lowest BCUT2D eigenvalue weighted by molar-refractivity contribution is 0.0625. The van der Waals surface area contributed by atoms with Gasteiger partial charge in [0.15, 0.2) is 0 Å². The minimum Gasteiger partial charge on any atom is -0.382 e. The topological polar surface area (TPSA) is 163 Å². The lowest BCUT2D eigenvalue weighted by Crippen LogP contribution is -2.45. The first kappa shape index (κ1) is 17.3. The van der Waals surface area contributed by atoms with E-state index in [1.165, 1.54) is 0 Å². The first-order valence-corrected chi connectivity index (χ1v) is 9.94. The Morgan fingerprint density at radius 2 is 1.00 bits per heavy atom. The van der Waals surface area contributed by atoms with Crippen LogP contribution in [0.1, 0.15) is 12.8 Å². The van der Waals surface area contributed by atoms with E-state index in [0.717, 1.165) is 0 Å². The van der Waals surface area contributed by atoms with Gasteiger partial charge in [-0.15, -0.1) is 0 Å². The maximum absolute atomic E-state index is 12.5. The highest BCUT2D eigenvalue weighted by Crippen LogP contribution is 2.72. The van der Waals surface area contributed by atoms with Gasteiger partial charge >= 0.3 is 0 Å². The van der Waals surface area contributed by atoms with Gasteiger partial charge in [0.25, 0.3) is 0 Å². The molecule has 1 rings (SSSR count). The van der Waals surface area contributed by atoms with Gasteiger partial charge in [0.1, 0.15) is 37.7 Å². The van der Waals surface area contributed by atoms with Gasteiger partial charge in [0.05, 0.1) is 12.1 Å². The van der Waals surface area contributed by atoms with Crippen LogP contribution in [0.15, 0.2) is 0 Å². The minimum atomic E-state index is -3.90. The van der Waals surface area contributed by atoms with Crippen LogP contribution >= 0.6 is 14.3 Å². The van der Waals surface area contributed by atoms with E-state index < -0.39 is 50.0 Å². The second-order valence-corrected chi connectivity index (χ2v) is 11.1. The zero-order valence-electron chi connectivity index (χ0n) is 10.5. The number of aliphatic hydroxyl groups is 4. The van der Waals surface area contributed by atoms with Crippen molar-refractivity contribution in [3.05, 3.63) is 0 Å². The Morgan fingerprint density at radius 3 is 1.20 bits per heavy atom. The molecule has 112 valence electrons. The molecule has 1 saturated heterocycles. The molecule has 0 aromatic carbocycles. The van der Waals surface area contributed by atoms with Crippen LogP contribution in [0.2, 0.25) is 0 Å². The molecule has 1 fully saturated rings. The van der Waals surface area contributed by atoms with Crippen molar-refractivity contribution in [3.8, 4) is 12.1 Å². The van der Waals surface area contributed by atoms with Crippen LogP contribution in [0.25, 0.3) is 0 Å². The summed E-state index contributed by atoms with van der Waals surface area (Å²) in [5, 5.41) is 56.6. The lowest BCUT2D eigenvalue weighted by Gasteiger charge is -2.43. The van der Waals surface area contributed by atoms with Crippen LogP contribution in [-0.2, 0) is 9.13 Å². The van der Waals surface area contributed by atoms with Crippen LogP contribution in [-0.4, -0.2) is 56.1 Å². The Morgan fingerprint density at radius 1 is 0.750 bits per heavy atom. The zero-order chi connectivity index (χ0) is 15.6. The van der Waals surface area contributed by atoms with Gasteiger partial charge in [0, 0.05) is 25.2 Å². The molecule has 0 aliphatic carbocycles. The first-order chi connectivity index (χ1) is 9.25. The number of nitriles is 2. The first-order valence-electron chi connectivity index (χ1n) is 5.88. The van der Waals surface area contributed by atoms with E-state index in [-0.39, 0.29) is 12.8 Å². The van der Waals surface area contributed by atoms with Crippen molar-refractivity contribution in [2.75, 3.05) is 12.3 Å². The summed E-state index contributed by atoms with van der Waals surface area (Å²) in [6.45, 7) is 0. The quantitative estimate of drug-likeness (QED) is 0.518. The van der Waals surface area contributed by atoms with Crippen LogP contribution < -0.4 is 0 Å². The molecule has 0 saturated carbocycles. The zero-order valence-corrected chi connectivity index (χ0v) is 12.3. The van der Waals surface area contributed by atoms with Crippen LogP contribution in [0.5, 0.6) is 0 Å². The predicted octanol–water partition coefficient (Wildman–Crippen LogP) is -0.173. The molecular weight excluding hydrogens is 306 g/mol. The van der Waals surface area contributed by atoms with Crippen molar-refractivity contribution in [1.29, 1.82) is 10.5 Å². The van der Waals surface area contributed by atoms with Crippen LogP contribution in [0, 0.1) is 22.7 Å². The molecular formula is C10H16N2O6P2. The van der Waals surface area contributed by atoms with Crippen molar-refractivity contribution in [2.45, 2.75) is 36.2 Å². The SMILES string of the molecule is N#CCCP1(=O)C(O)C(O)P(=O)(CCC#N)C(O)C1O. The van der Waals surface area contributed by atoms with Gasteiger partial charge in [-0.2, -0.15) is 10.5 Å². The monoisotopic (exact) mass is 322 g/mol. The minimum absolute atomic E-state index is 0.243. The third-order valence-electron chi connectivity index (χ3n) is 3.47. The lowest BCUT2D eigenvalue weighted by atomic mass is 10.6. The standard InChI is InChI=1S/C10H16N2O6P2/c11-3-1-5-19(17)7(13)9(15)20(18,6-2-4-12)10(16)8(19)14/h7-10,13-16H,1-2,5-6H2. The molecule has 0 spiro atoms. The Kier molecular flexibility index (Phi) is 5.52. The summed E-state index contributed by atoms with van der Waals surface area (Å²) in [6.07, 6.45) is -1.27. The van der Waals surface area contributed by atoms with Crippen LogP contribution in [0.3, 0.4) is 0 Å². The fraction of sp³-hybridized carbons (Fsp3) is 0.800. The smallest absolute Gasteiger partial charge is 0.149 e. The number of rotatable bonds is 4. The normalized spacial score (nSPS) is 44.5. The van der Waals surface area contributed by atoms with Crippen molar-refractivity contribution in [1.82, 2.24) is 0 Å². The number of nitrogens with zero attached hydrogens (tertiary/aromatic N) is 2. The summed E-state index contributed by atoms with van der Waals surface area (Å²) >= 11 is 0. The molecule has 4 N–H and O–H groups in total. The number of aliphatic hydroxyl groups excluding tert-OH is 4. The summed E-state index contributed by atoms with van der Waals surface area (Å²) in [6, 6.07) is 3.39. The number of hydrogen-bond acceptors (Lipinski definition) is 8. The highest BCUT2D eigenvalue weighted by Gasteiger charge is 2.60. The maximum atomic E-state index is 12.5. The summed E-state index contributed by atoms with van der Waals surface area (Å²) in [7, 11) is -7.81. The average molecular weight is 322 g/mol. The number of hydrogen-bond donors (Lipinski definition) is 4. The maximum Gasteiger partial charge on any atom is 0.149 e. The average Bonchev–Trinajstić information content (AvgIpc) is 2.45. The molecule has 1 aliphatic heterocycles. The van der Waals surface area contributed by atoms with Gasteiger partial charge in [-0.3, -0.25) is 0 Å². The summed E-state index contributed by atoms with van der Waals surface area (Å²) in [5.74, 6) is -7.89. The van der Waals surface area contributed by atoms with E-state index in [2.05, 4.69) is 0 Å². The second kappa shape index (κ2) is 6.37. The van der Waals surface area contributed by atoms with Crippen molar-refractivity contribution in [3.63, 3.8) is 0 Å². The highest BCUT2D eigenvalue weighted by atomic mass is 31.2. The highest BCUT2D eigenvalue weighted by molar-refractivity contribution is 7.72. The summed E-state index contributed by atoms with van der Waals surface area (Å²) in [4.78, 5) is 0. The van der Waals surface area contributed by atoms with E-state index in [1.807, 2.05) is 0 Å². The van der Waals surface area contributed by atoms with Gasteiger partial charge in [-0.25, -0.2) is 0 Å². The molecule has 8 nitrogen and oxygen atoms in total. The molecule has 0 radical (unpaired) electrons. The molecule has 20 heavy (non-hydrogen) atoms. The fourth-order valence-corrected chi connectivity index (χ4v) is 9.29. The summed E-state index contributed by atoms with van der Waals surface area (Å²) < 4.78 is 25.0. The van der Waals surface area contributed by atoms with Gasteiger partial charge in [-0.1, -0.05) is 0 Å². The third kappa shape index (κ3) is 2.69. The summed E-state index contributed by atoms with van der Waals surface area (Å²) in [5.41, 5.74) is 0. The fourth-order valence-electron chi connectivity index (χ4n) is 2.19. The Hall–Kier alpha value is -0.720. The van der Waals surface area contributed by atoms with E-state index in [9.17, 15) is 29.6 Å². The predicted molar refractivity (Wildman–Crippen MR) is 69.4 cm³/mol. The van der Waals surface area contributed by atoms with Crippen molar-refractivity contribution >= 4 is 14.3 Å². The van der Waals surface area contributed by atoms with Gasteiger partial charge in [-0.05, 0) is 0 Å². The molecule has 4 unspecified atom stereocenters.